The van der Waals surface area contributed by atoms with E-state index in [9.17, 15) is 15.0 Å². The fourth-order valence-corrected chi connectivity index (χ4v) is 2.26. The normalized spacial score (nSPS) is 10.8. The topological polar surface area (TPSA) is 82.2 Å². The van der Waals surface area contributed by atoms with Crippen LogP contribution in [0.5, 0.6) is 5.75 Å². The molecule has 0 saturated heterocycles. The van der Waals surface area contributed by atoms with Gasteiger partial charge in [-0.2, -0.15) is 10.2 Å². The lowest BCUT2D eigenvalue weighted by molar-refractivity contribution is 0.0697. The van der Waals surface area contributed by atoms with Crippen LogP contribution in [-0.4, -0.2) is 16.2 Å². The predicted octanol–water partition coefficient (Wildman–Crippen LogP) is 5.17. The first-order valence-corrected chi connectivity index (χ1v) is 7.27. The summed E-state index contributed by atoms with van der Waals surface area (Å²) in [7, 11) is 0. The Bertz CT molecular complexity index is 885. The molecular formula is C19H14N2O3. The van der Waals surface area contributed by atoms with Gasteiger partial charge in [0.2, 0.25) is 0 Å². The van der Waals surface area contributed by atoms with Crippen LogP contribution in [0.2, 0.25) is 0 Å². The summed E-state index contributed by atoms with van der Waals surface area (Å²) in [4.78, 5) is 11.3. The van der Waals surface area contributed by atoms with Gasteiger partial charge < -0.3 is 10.2 Å². The zero-order valence-corrected chi connectivity index (χ0v) is 12.6. The van der Waals surface area contributed by atoms with E-state index >= 15 is 0 Å². The van der Waals surface area contributed by atoms with Crippen molar-refractivity contribution in [2.45, 2.75) is 0 Å². The Balaban J connectivity index is 1.83. The maximum atomic E-state index is 11.3. The molecular weight excluding hydrogens is 304 g/mol. The third kappa shape index (κ3) is 3.47. The molecule has 0 spiro atoms. The Hall–Kier alpha value is -3.47. The Morgan fingerprint density at radius 2 is 1.29 bits per heavy atom. The number of nitrogens with zero attached hydrogens (tertiary/aromatic N) is 2. The number of carbonyl (C=O) groups is 1. The van der Waals surface area contributed by atoms with Crippen molar-refractivity contribution < 1.29 is 15.0 Å². The maximum absolute atomic E-state index is 11.3. The molecule has 3 aromatic carbocycles. The van der Waals surface area contributed by atoms with Crippen LogP contribution in [0.15, 0.2) is 83.0 Å². The van der Waals surface area contributed by atoms with Gasteiger partial charge in [0.25, 0.3) is 0 Å². The molecule has 3 aromatic rings. The number of carboxylic acids is 1. The van der Waals surface area contributed by atoms with Crippen LogP contribution in [0.3, 0.4) is 0 Å². The van der Waals surface area contributed by atoms with Gasteiger partial charge >= 0.3 is 5.97 Å². The average molecular weight is 318 g/mol. The molecule has 0 amide bonds. The first-order valence-electron chi connectivity index (χ1n) is 7.27. The molecule has 0 heterocycles. The molecule has 0 aliphatic rings. The number of hydrogen-bond donors (Lipinski definition) is 2. The van der Waals surface area contributed by atoms with E-state index in [2.05, 4.69) is 10.2 Å². The van der Waals surface area contributed by atoms with E-state index in [0.29, 0.717) is 16.9 Å². The second-order valence-electron chi connectivity index (χ2n) is 5.11. The van der Waals surface area contributed by atoms with Crippen LogP contribution in [0, 0.1) is 0 Å². The number of phenolic OH excluding ortho intramolecular Hbond substituents is 1. The molecule has 0 saturated carbocycles. The minimum Gasteiger partial charge on any atom is -0.508 e. The van der Waals surface area contributed by atoms with Gasteiger partial charge in [-0.25, -0.2) is 4.79 Å². The van der Waals surface area contributed by atoms with E-state index in [4.69, 9.17) is 0 Å². The van der Waals surface area contributed by atoms with Gasteiger partial charge in [0.1, 0.15) is 5.75 Å². The van der Waals surface area contributed by atoms with Crippen LogP contribution >= 0.6 is 0 Å². The minimum absolute atomic E-state index is 0.176. The minimum atomic E-state index is -0.957. The van der Waals surface area contributed by atoms with Crippen LogP contribution in [0.25, 0.3) is 11.1 Å². The van der Waals surface area contributed by atoms with E-state index in [1.54, 1.807) is 60.7 Å². The van der Waals surface area contributed by atoms with Gasteiger partial charge in [0.15, 0.2) is 0 Å². The first kappa shape index (κ1) is 15.4. The summed E-state index contributed by atoms with van der Waals surface area (Å²) in [5.41, 5.74) is 3.01. The molecule has 24 heavy (non-hydrogen) atoms. The molecule has 0 aromatic heterocycles. The lowest BCUT2D eigenvalue weighted by Gasteiger charge is -2.06. The summed E-state index contributed by atoms with van der Waals surface area (Å²) in [5.74, 6) is -0.780. The van der Waals surface area contributed by atoms with Crippen LogP contribution < -0.4 is 0 Å². The molecule has 0 bridgehead atoms. The summed E-state index contributed by atoms with van der Waals surface area (Å²) < 4.78 is 0. The van der Waals surface area contributed by atoms with Crippen molar-refractivity contribution in [1.29, 1.82) is 0 Å². The molecule has 5 heteroatoms. The SMILES string of the molecule is O=C(O)c1ccccc1-c1ccc(/N=N/c2ccc(O)cc2)cc1. The lowest BCUT2D eigenvalue weighted by atomic mass is 10.00. The van der Waals surface area contributed by atoms with Gasteiger partial charge in [0.05, 0.1) is 16.9 Å². The van der Waals surface area contributed by atoms with Gasteiger partial charge in [0, 0.05) is 0 Å². The average Bonchev–Trinajstić information content (AvgIpc) is 2.62. The third-order valence-corrected chi connectivity index (χ3v) is 3.47. The fourth-order valence-electron chi connectivity index (χ4n) is 2.26. The third-order valence-electron chi connectivity index (χ3n) is 3.47. The Kier molecular flexibility index (Phi) is 4.34. The van der Waals surface area contributed by atoms with Gasteiger partial charge in [-0.3, -0.25) is 0 Å². The number of rotatable bonds is 4. The van der Waals surface area contributed by atoms with Gasteiger partial charge in [-0.1, -0.05) is 30.3 Å². The standard InChI is InChI=1S/C19H14N2O3/c22-16-11-9-15(10-12-16)21-20-14-7-5-13(6-8-14)17-3-1-2-4-18(17)19(23)24/h1-12,22H,(H,23,24)/b21-20+. The molecule has 0 aliphatic carbocycles. The van der Waals surface area contributed by atoms with Crippen molar-refractivity contribution in [1.82, 2.24) is 0 Å². The number of benzene rings is 3. The number of aromatic hydroxyl groups is 1. The highest BCUT2D eigenvalue weighted by atomic mass is 16.4. The van der Waals surface area contributed by atoms with E-state index < -0.39 is 5.97 Å². The summed E-state index contributed by atoms with van der Waals surface area (Å²) in [5, 5.41) is 26.7. The van der Waals surface area contributed by atoms with Crippen molar-refractivity contribution in [2.24, 2.45) is 10.2 Å². The van der Waals surface area contributed by atoms with Crippen molar-refractivity contribution in [3.8, 4) is 16.9 Å². The molecule has 2 N–H and O–H groups in total. The van der Waals surface area contributed by atoms with E-state index in [1.165, 1.54) is 0 Å². The number of aromatic carboxylic acids is 1. The van der Waals surface area contributed by atoms with Crippen molar-refractivity contribution >= 4 is 17.3 Å². The highest BCUT2D eigenvalue weighted by Crippen LogP contribution is 2.27. The second-order valence-corrected chi connectivity index (χ2v) is 5.11. The fraction of sp³-hybridized carbons (Fsp3) is 0. The molecule has 0 atom stereocenters. The van der Waals surface area contributed by atoms with Crippen molar-refractivity contribution in [2.75, 3.05) is 0 Å². The van der Waals surface area contributed by atoms with Crippen LogP contribution in [0.1, 0.15) is 10.4 Å². The van der Waals surface area contributed by atoms with Gasteiger partial charge in [-0.15, -0.1) is 0 Å². The molecule has 0 fully saturated rings. The lowest BCUT2D eigenvalue weighted by Crippen LogP contribution is -1.98. The second kappa shape index (κ2) is 6.75. The van der Waals surface area contributed by atoms with Crippen LogP contribution in [-0.2, 0) is 0 Å². The summed E-state index contributed by atoms with van der Waals surface area (Å²) in [6, 6.07) is 20.4. The Morgan fingerprint density at radius 1 is 0.750 bits per heavy atom. The maximum Gasteiger partial charge on any atom is 0.336 e. The highest BCUT2D eigenvalue weighted by molar-refractivity contribution is 5.96. The molecule has 0 unspecified atom stereocenters. The number of hydrogen-bond acceptors (Lipinski definition) is 4. The predicted molar refractivity (Wildman–Crippen MR) is 91.1 cm³/mol. The molecule has 0 radical (unpaired) electrons. The van der Waals surface area contributed by atoms with E-state index in [1.807, 2.05) is 12.1 Å². The summed E-state index contributed by atoms with van der Waals surface area (Å²) >= 11 is 0. The van der Waals surface area contributed by atoms with Crippen molar-refractivity contribution in [3.63, 3.8) is 0 Å². The Labute approximate surface area is 138 Å². The zero-order chi connectivity index (χ0) is 16.9. The Morgan fingerprint density at radius 3 is 1.88 bits per heavy atom. The number of carboxylic acid groups (broad SMARTS) is 1. The summed E-state index contributed by atoms with van der Waals surface area (Å²) in [6.45, 7) is 0. The molecule has 118 valence electrons. The number of phenols is 1. The van der Waals surface area contributed by atoms with E-state index in [-0.39, 0.29) is 11.3 Å². The number of azo groups is 1. The van der Waals surface area contributed by atoms with Gasteiger partial charge in [-0.05, 0) is 53.6 Å². The van der Waals surface area contributed by atoms with Crippen molar-refractivity contribution in [3.05, 3.63) is 78.4 Å². The monoisotopic (exact) mass is 318 g/mol. The largest absolute Gasteiger partial charge is 0.508 e. The molecule has 0 aliphatic heterocycles. The van der Waals surface area contributed by atoms with E-state index in [0.717, 1.165) is 5.56 Å². The smallest absolute Gasteiger partial charge is 0.336 e. The first-order chi connectivity index (χ1) is 11.6. The van der Waals surface area contributed by atoms with Crippen LogP contribution in [0.4, 0.5) is 11.4 Å². The summed E-state index contributed by atoms with van der Waals surface area (Å²) in [6.07, 6.45) is 0. The highest BCUT2D eigenvalue weighted by Gasteiger charge is 2.10. The molecule has 3 rings (SSSR count). The quantitative estimate of drug-likeness (QED) is 0.651. The molecule has 5 nitrogen and oxygen atoms in total. The zero-order valence-electron chi connectivity index (χ0n) is 12.6.